The third kappa shape index (κ3) is 3.06. The molecule has 0 aliphatic heterocycles. The van der Waals surface area contributed by atoms with Gasteiger partial charge in [-0.1, -0.05) is 6.07 Å². The molecular formula is C14H18F2O2. The molecule has 100 valence electrons. The number of aliphatic hydroxyl groups is 1. The molecule has 1 fully saturated rings. The molecule has 1 saturated carbocycles. The summed E-state index contributed by atoms with van der Waals surface area (Å²) in [5.74, 6) is -1.71. The zero-order valence-corrected chi connectivity index (χ0v) is 10.5. The Morgan fingerprint density at radius 2 is 1.94 bits per heavy atom. The fraction of sp³-hybridized carbons (Fsp3) is 0.571. The van der Waals surface area contributed by atoms with Crippen molar-refractivity contribution in [3.8, 4) is 0 Å². The van der Waals surface area contributed by atoms with Gasteiger partial charge >= 0.3 is 0 Å². The predicted octanol–water partition coefficient (Wildman–Crippen LogP) is 2.83. The van der Waals surface area contributed by atoms with Crippen molar-refractivity contribution in [1.29, 1.82) is 0 Å². The highest BCUT2D eigenvalue weighted by molar-refractivity contribution is 5.20. The molecule has 1 N–H and O–H groups in total. The molecule has 1 aromatic carbocycles. The normalized spacial score (nSPS) is 28.3. The summed E-state index contributed by atoms with van der Waals surface area (Å²) < 4.78 is 31.2. The Labute approximate surface area is 106 Å². The second kappa shape index (κ2) is 5.33. The van der Waals surface area contributed by atoms with Gasteiger partial charge in [0, 0.05) is 13.5 Å². The summed E-state index contributed by atoms with van der Waals surface area (Å²) in [5.41, 5.74) is -0.188. The van der Waals surface area contributed by atoms with E-state index in [0.717, 1.165) is 25.0 Å². The summed E-state index contributed by atoms with van der Waals surface area (Å²) in [6.07, 6.45) is 3.43. The van der Waals surface area contributed by atoms with Gasteiger partial charge < -0.3 is 9.84 Å². The first-order chi connectivity index (χ1) is 8.52. The Morgan fingerprint density at radius 1 is 1.28 bits per heavy atom. The summed E-state index contributed by atoms with van der Waals surface area (Å²) >= 11 is 0. The lowest BCUT2D eigenvalue weighted by Crippen LogP contribution is -2.38. The maximum atomic E-state index is 13.1. The smallest absolute Gasteiger partial charge is 0.159 e. The van der Waals surface area contributed by atoms with Crippen LogP contribution >= 0.6 is 0 Å². The van der Waals surface area contributed by atoms with Gasteiger partial charge in [0.1, 0.15) is 0 Å². The Morgan fingerprint density at radius 3 is 2.50 bits per heavy atom. The maximum Gasteiger partial charge on any atom is 0.159 e. The minimum absolute atomic E-state index is 0.204. The summed E-state index contributed by atoms with van der Waals surface area (Å²) in [6.45, 7) is 0. The van der Waals surface area contributed by atoms with E-state index in [9.17, 15) is 13.9 Å². The number of hydrogen-bond acceptors (Lipinski definition) is 2. The molecule has 18 heavy (non-hydrogen) atoms. The van der Waals surface area contributed by atoms with E-state index in [1.165, 1.54) is 6.07 Å². The first-order valence-electron chi connectivity index (χ1n) is 6.21. The molecule has 0 aromatic heterocycles. The number of hydrogen-bond donors (Lipinski definition) is 1. The molecule has 4 heteroatoms. The average Bonchev–Trinajstić information content (AvgIpc) is 2.35. The summed E-state index contributed by atoms with van der Waals surface area (Å²) in [5, 5.41) is 10.4. The zero-order chi connectivity index (χ0) is 13.2. The lowest BCUT2D eigenvalue weighted by molar-refractivity contribution is -0.0427. The fourth-order valence-electron chi connectivity index (χ4n) is 2.57. The molecule has 0 radical (unpaired) electrons. The number of benzene rings is 1. The van der Waals surface area contributed by atoms with Crippen LogP contribution in [0.25, 0.3) is 0 Å². The van der Waals surface area contributed by atoms with Crippen molar-refractivity contribution in [2.24, 2.45) is 0 Å². The molecule has 1 aromatic rings. The van der Waals surface area contributed by atoms with Crippen LogP contribution in [0.15, 0.2) is 18.2 Å². The SMILES string of the molecule is COC1CCC(O)(Cc2ccc(F)c(F)c2)CC1. The molecular weight excluding hydrogens is 238 g/mol. The van der Waals surface area contributed by atoms with Crippen LogP contribution in [0, 0.1) is 11.6 Å². The number of halogens is 2. The molecule has 0 saturated heterocycles. The van der Waals surface area contributed by atoms with E-state index in [4.69, 9.17) is 4.74 Å². The van der Waals surface area contributed by atoms with Crippen molar-refractivity contribution in [3.05, 3.63) is 35.4 Å². The van der Waals surface area contributed by atoms with E-state index < -0.39 is 17.2 Å². The Hall–Kier alpha value is -1.00. The van der Waals surface area contributed by atoms with E-state index in [-0.39, 0.29) is 6.10 Å². The minimum Gasteiger partial charge on any atom is -0.390 e. The van der Waals surface area contributed by atoms with E-state index in [1.54, 1.807) is 7.11 Å². The van der Waals surface area contributed by atoms with Crippen molar-refractivity contribution in [1.82, 2.24) is 0 Å². The van der Waals surface area contributed by atoms with Gasteiger partial charge in [0.2, 0.25) is 0 Å². The van der Waals surface area contributed by atoms with Crippen molar-refractivity contribution < 1.29 is 18.6 Å². The van der Waals surface area contributed by atoms with E-state index in [0.29, 0.717) is 24.8 Å². The van der Waals surface area contributed by atoms with Gasteiger partial charge in [0.05, 0.1) is 11.7 Å². The quantitative estimate of drug-likeness (QED) is 0.901. The molecule has 2 rings (SSSR count). The van der Waals surface area contributed by atoms with Gasteiger partial charge in [0.25, 0.3) is 0 Å². The summed E-state index contributed by atoms with van der Waals surface area (Å²) in [6, 6.07) is 3.79. The van der Waals surface area contributed by atoms with Crippen LogP contribution in [0.1, 0.15) is 31.2 Å². The van der Waals surface area contributed by atoms with E-state index in [2.05, 4.69) is 0 Å². The highest BCUT2D eigenvalue weighted by Gasteiger charge is 2.33. The molecule has 1 aliphatic rings. The van der Waals surface area contributed by atoms with Crippen molar-refractivity contribution in [2.45, 2.75) is 43.8 Å². The first kappa shape index (κ1) is 13.4. The molecule has 1 aliphatic carbocycles. The standard InChI is InChI=1S/C14H18F2O2/c1-18-11-4-6-14(17,7-5-11)9-10-2-3-12(15)13(16)8-10/h2-3,8,11,17H,4-7,9H2,1H3. The lowest BCUT2D eigenvalue weighted by atomic mass is 9.79. The van der Waals surface area contributed by atoms with Gasteiger partial charge in [-0.15, -0.1) is 0 Å². The molecule has 0 unspecified atom stereocenters. The fourth-order valence-corrected chi connectivity index (χ4v) is 2.57. The van der Waals surface area contributed by atoms with Crippen molar-refractivity contribution in [3.63, 3.8) is 0 Å². The van der Waals surface area contributed by atoms with Gasteiger partial charge in [0.15, 0.2) is 11.6 Å². The summed E-state index contributed by atoms with van der Waals surface area (Å²) in [4.78, 5) is 0. The Kier molecular flexibility index (Phi) is 3.97. The average molecular weight is 256 g/mol. The van der Waals surface area contributed by atoms with Gasteiger partial charge in [-0.25, -0.2) is 8.78 Å². The summed E-state index contributed by atoms with van der Waals surface area (Å²) in [7, 11) is 1.67. The minimum atomic E-state index is -0.860. The molecule has 0 spiro atoms. The number of methoxy groups -OCH3 is 1. The van der Waals surface area contributed by atoms with Crippen LogP contribution in [0.3, 0.4) is 0 Å². The molecule has 0 bridgehead atoms. The molecule has 0 heterocycles. The Bertz CT molecular complexity index is 412. The molecule has 0 atom stereocenters. The monoisotopic (exact) mass is 256 g/mol. The van der Waals surface area contributed by atoms with Gasteiger partial charge in [-0.05, 0) is 43.4 Å². The largest absolute Gasteiger partial charge is 0.390 e. The third-order valence-electron chi connectivity index (χ3n) is 3.71. The van der Waals surface area contributed by atoms with Crippen LogP contribution in [0.2, 0.25) is 0 Å². The van der Waals surface area contributed by atoms with E-state index in [1.807, 2.05) is 0 Å². The van der Waals surface area contributed by atoms with Crippen LogP contribution in [-0.4, -0.2) is 23.9 Å². The second-order valence-electron chi connectivity index (χ2n) is 5.08. The lowest BCUT2D eigenvalue weighted by Gasteiger charge is -2.35. The van der Waals surface area contributed by atoms with Crippen LogP contribution in [0.5, 0.6) is 0 Å². The predicted molar refractivity (Wildman–Crippen MR) is 64.3 cm³/mol. The topological polar surface area (TPSA) is 29.5 Å². The van der Waals surface area contributed by atoms with Crippen molar-refractivity contribution in [2.75, 3.05) is 7.11 Å². The third-order valence-corrected chi connectivity index (χ3v) is 3.71. The second-order valence-corrected chi connectivity index (χ2v) is 5.08. The first-order valence-corrected chi connectivity index (χ1v) is 6.21. The highest BCUT2D eigenvalue weighted by atomic mass is 19.2. The number of rotatable bonds is 3. The molecule has 2 nitrogen and oxygen atoms in total. The van der Waals surface area contributed by atoms with Crippen LogP contribution in [-0.2, 0) is 11.2 Å². The number of ether oxygens (including phenoxy) is 1. The molecule has 0 amide bonds. The highest BCUT2D eigenvalue weighted by Crippen LogP contribution is 2.32. The van der Waals surface area contributed by atoms with Gasteiger partial charge in [-0.2, -0.15) is 0 Å². The van der Waals surface area contributed by atoms with Gasteiger partial charge in [-0.3, -0.25) is 0 Å². The Balaban J connectivity index is 2.02. The van der Waals surface area contributed by atoms with Crippen LogP contribution in [0.4, 0.5) is 8.78 Å². The van der Waals surface area contributed by atoms with E-state index >= 15 is 0 Å². The maximum absolute atomic E-state index is 13.1. The zero-order valence-electron chi connectivity index (χ0n) is 10.5. The van der Waals surface area contributed by atoms with Crippen LogP contribution < -0.4 is 0 Å². The van der Waals surface area contributed by atoms with Crippen molar-refractivity contribution >= 4 is 0 Å².